The lowest BCUT2D eigenvalue weighted by Crippen LogP contribution is -2.44. The molecular formula is C21H28N2O3. The van der Waals surface area contributed by atoms with Gasteiger partial charge in [-0.3, -0.25) is 9.59 Å². The van der Waals surface area contributed by atoms with Crippen LogP contribution in [0.25, 0.3) is 0 Å². The van der Waals surface area contributed by atoms with E-state index in [1.54, 1.807) is 0 Å². The molecule has 4 rings (SSSR count). The molecule has 0 bridgehead atoms. The molecule has 0 aromatic rings. The first-order valence-electron chi connectivity index (χ1n) is 9.85. The van der Waals surface area contributed by atoms with Gasteiger partial charge in [-0.2, -0.15) is 0 Å². The Morgan fingerprint density at radius 3 is 2.62 bits per heavy atom. The average Bonchev–Trinajstić information content (AvgIpc) is 3.32. The Balaban J connectivity index is 1.23. The molecule has 2 atom stereocenters. The van der Waals surface area contributed by atoms with Crippen molar-refractivity contribution in [2.75, 3.05) is 26.2 Å². The Bertz CT molecular complexity index is 632. The number of allylic oxidation sites excluding steroid dienone is 4. The first-order valence-corrected chi connectivity index (χ1v) is 9.85. The summed E-state index contributed by atoms with van der Waals surface area (Å²) in [4.78, 5) is 27.2. The van der Waals surface area contributed by atoms with Crippen LogP contribution >= 0.6 is 0 Å². The standard InChI is InChI=1S/C21H28N2O3/c24-19(16-6-3-1-2-4-7-16)22-13-18-12-17(14-26-18)20(25)23-11-5-8-21(15-23)9-10-21/h1-4,6-7,16-18H,5,8-15H2,(H,22,24)/t17-,18-/m0/s1. The molecule has 2 amide bonds. The van der Waals surface area contributed by atoms with Crippen LogP contribution in [-0.4, -0.2) is 49.1 Å². The monoisotopic (exact) mass is 356 g/mol. The van der Waals surface area contributed by atoms with E-state index >= 15 is 0 Å². The van der Waals surface area contributed by atoms with Crippen molar-refractivity contribution in [3.8, 4) is 0 Å². The van der Waals surface area contributed by atoms with Crippen LogP contribution in [0.15, 0.2) is 36.5 Å². The van der Waals surface area contributed by atoms with Crippen LogP contribution in [0.3, 0.4) is 0 Å². The minimum absolute atomic E-state index is 0.0220. The number of ether oxygens (including phenoxy) is 1. The Labute approximate surface area is 155 Å². The van der Waals surface area contributed by atoms with Crippen molar-refractivity contribution in [3.63, 3.8) is 0 Å². The van der Waals surface area contributed by atoms with Crippen molar-refractivity contribution in [1.29, 1.82) is 0 Å². The lowest BCUT2D eigenvalue weighted by molar-refractivity contribution is -0.137. The molecule has 2 aliphatic heterocycles. The van der Waals surface area contributed by atoms with Gasteiger partial charge in [0.1, 0.15) is 0 Å². The van der Waals surface area contributed by atoms with Crippen molar-refractivity contribution >= 4 is 11.8 Å². The number of carbonyl (C=O) groups is 2. The van der Waals surface area contributed by atoms with Gasteiger partial charge in [0.05, 0.1) is 24.5 Å². The summed E-state index contributed by atoms with van der Waals surface area (Å²) in [6, 6.07) is 0. The maximum Gasteiger partial charge on any atom is 0.230 e. The second kappa shape index (κ2) is 7.39. The number of carbonyl (C=O) groups excluding carboxylic acids is 2. The molecule has 1 saturated carbocycles. The van der Waals surface area contributed by atoms with Crippen LogP contribution in [0, 0.1) is 17.3 Å². The third-order valence-electron chi connectivity index (χ3n) is 6.14. The fraction of sp³-hybridized carbons (Fsp3) is 0.619. The summed E-state index contributed by atoms with van der Waals surface area (Å²) in [7, 11) is 0. The van der Waals surface area contributed by atoms with Gasteiger partial charge in [-0.15, -0.1) is 0 Å². The van der Waals surface area contributed by atoms with E-state index in [1.165, 1.54) is 19.3 Å². The fourth-order valence-corrected chi connectivity index (χ4v) is 4.33. The van der Waals surface area contributed by atoms with Gasteiger partial charge >= 0.3 is 0 Å². The van der Waals surface area contributed by atoms with E-state index in [2.05, 4.69) is 10.2 Å². The molecule has 0 radical (unpaired) electrons. The molecule has 1 spiro atoms. The van der Waals surface area contributed by atoms with Gasteiger partial charge in [-0.05, 0) is 37.5 Å². The predicted molar refractivity (Wildman–Crippen MR) is 99.2 cm³/mol. The number of likely N-dealkylation sites (tertiary alicyclic amines) is 1. The first-order chi connectivity index (χ1) is 12.7. The normalized spacial score (nSPS) is 29.8. The Morgan fingerprint density at radius 2 is 1.88 bits per heavy atom. The highest BCUT2D eigenvalue weighted by Crippen LogP contribution is 2.52. The molecule has 4 aliphatic rings. The van der Waals surface area contributed by atoms with Gasteiger partial charge in [-0.1, -0.05) is 36.5 Å². The van der Waals surface area contributed by atoms with Crippen LogP contribution in [0.1, 0.15) is 32.1 Å². The highest BCUT2D eigenvalue weighted by Gasteiger charge is 2.47. The van der Waals surface area contributed by atoms with Gasteiger partial charge in [0.2, 0.25) is 11.8 Å². The zero-order chi connectivity index (χ0) is 18.0. The van der Waals surface area contributed by atoms with Gasteiger partial charge in [0, 0.05) is 19.6 Å². The Kier molecular flexibility index (Phi) is 4.98. The van der Waals surface area contributed by atoms with E-state index in [1.807, 2.05) is 36.5 Å². The summed E-state index contributed by atoms with van der Waals surface area (Å²) in [6.07, 6.45) is 17.0. The summed E-state index contributed by atoms with van der Waals surface area (Å²) in [5, 5.41) is 2.97. The largest absolute Gasteiger partial charge is 0.376 e. The lowest BCUT2D eigenvalue weighted by Gasteiger charge is -2.34. The van der Waals surface area contributed by atoms with Crippen molar-refractivity contribution in [3.05, 3.63) is 36.5 Å². The number of piperidine rings is 1. The smallest absolute Gasteiger partial charge is 0.230 e. The molecule has 26 heavy (non-hydrogen) atoms. The zero-order valence-corrected chi connectivity index (χ0v) is 15.2. The molecule has 5 nitrogen and oxygen atoms in total. The van der Waals surface area contributed by atoms with Crippen LogP contribution in [0.2, 0.25) is 0 Å². The van der Waals surface area contributed by atoms with Crippen LogP contribution in [0.4, 0.5) is 0 Å². The number of nitrogens with zero attached hydrogens (tertiary/aromatic N) is 1. The van der Waals surface area contributed by atoms with Crippen LogP contribution < -0.4 is 5.32 Å². The highest BCUT2D eigenvalue weighted by atomic mass is 16.5. The van der Waals surface area contributed by atoms with Crippen molar-refractivity contribution in [2.45, 2.75) is 38.2 Å². The van der Waals surface area contributed by atoms with E-state index in [4.69, 9.17) is 4.74 Å². The number of hydrogen-bond donors (Lipinski definition) is 1. The average molecular weight is 356 g/mol. The quantitative estimate of drug-likeness (QED) is 0.840. The van der Waals surface area contributed by atoms with Gasteiger partial charge in [0.25, 0.3) is 0 Å². The molecule has 2 aliphatic carbocycles. The number of nitrogens with one attached hydrogen (secondary N) is 1. The number of amides is 2. The van der Waals surface area contributed by atoms with Crippen molar-refractivity contribution < 1.29 is 14.3 Å². The van der Waals surface area contributed by atoms with Gasteiger partial charge in [0.15, 0.2) is 0 Å². The summed E-state index contributed by atoms with van der Waals surface area (Å²) >= 11 is 0. The van der Waals surface area contributed by atoms with Gasteiger partial charge in [-0.25, -0.2) is 0 Å². The van der Waals surface area contributed by atoms with Crippen LogP contribution in [-0.2, 0) is 14.3 Å². The van der Waals surface area contributed by atoms with E-state index < -0.39 is 0 Å². The Morgan fingerprint density at radius 1 is 1.12 bits per heavy atom. The number of rotatable bonds is 4. The van der Waals surface area contributed by atoms with E-state index in [0.29, 0.717) is 25.0 Å². The molecule has 1 N–H and O–H groups in total. The molecule has 3 fully saturated rings. The van der Waals surface area contributed by atoms with Crippen molar-refractivity contribution in [1.82, 2.24) is 10.2 Å². The molecule has 5 heteroatoms. The SMILES string of the molecule is O=C(NC[C@@H]1C[C@H](C(=O)N2CCCC3(CC3)C2)CO1)C1C=CC=CC=C1. The topological polar surface area (TPSA) is 58.6 Å². The molecule has 0 aromatic carbocycles. The molecule has 140 valence electrons. The van der Waals surface area contributed by atoms with E-state index in [9.17, 15) is 9.59 Å². The summed E-state index contributed by atoms with van der Waals surface area (Å²) in [5.41, 5.74) is 0.454. The Hall–Kier alpha value is -1.88. The van der Waals surface area contributed by atoms with E-state index in [0.717, 1.165) is 19.5 Å². The lowest BCUT2D eigenvalue weighted by atomic mass is 9.93. The van der Waals surface area contributed by atoms with Crippen LogP contribution in [0.5, 0.6) is 0 Å². The summed E-state index contributed by atoms with van der Waals surface area (Å²) in [5.74, 6) is -0.0589. The zero-order valence-electron chi connectivity index (χ0n) is 15.2. The third kappa shape index (κ3) is 3.93. The second-order valence-electron chi connectivity index (χ2n) is 8.18. The highest BCUT2D eigenvalue weighted by molar-refractivity contribution is 5.82. The number of hydrogen-bond acceptors (Lipinski definition) is 3. The first kappa shape index (κ1) is 17.5. The van der Waals surface area contributed by atoms with E-state index in [-0.39, 0.29) is 29.8 Å². The molecule has 2 heterocycles. The molecule has 0 unspecified atom stereocenters. The third-order valence-corrected chi connectivity index (χ3v) is 6.14. The van der Waals surface area contributed by atoms with Crippen molar-refractivity contribution in [2.24, 2.45) is 17.3 Å². The summed E-state index contributed by atoms with van der Waals surface area (Å²) in [6.45, 7) is 2.79. The predicted octanol–water partition coefficient (Wildman–Crippen LogP) is 2.21. The minimum Gasteiger partial charge on any atom is -0.376 e. The second-order valence-corrected chi connectivity index (χ2v) is 8.18. The molecule has 2 saturated heterocycles. The van der Waals surface area contributed by atoms with Gasteiger partial charge < -0.3 is 15.0 Å². The summed E-state index contributed by atoms with van der Waals surface area (Å²) < 4.78 is 5.80. The molecular weight excluding hydrogens is 328 g/mol. The maximum absolute atomic E-state index is 12.8. The molecule has 0 aromatic heterocycles. The maximum atomic E-state index is 12.8. The minimum atomic E-state index is -0.244. The fourth-order valence-electron chi connectivity index (χ4n) is 4.33.